The van der Waals surface area contributed by atoms with E-state index in [0.29, 0.717) is 25.3 Å². The Morgan fingerprint density at radius 2 is 2.11 bits per heavy atom. The molecule has 0 aromatic carbocycles. The SMILES string of the molecule is CCC(C)CCCC(O)(CC)C(O)Cn1ccnc1. The summed E-state index contributed by atoms with van der Waals surface area (Å²) in [6.45, 7) is 6.74. The highest BCUT2D eigenvalue weighted by Gasteiger charge is 2.33. The van der Waals surface area contributed by atoms with Crippen molar-refractivity contribution in [3.63, 3.8) is 0 Å². The second-order valence-corrected chi connectivity index (χ2v) is 5.64. The molecule has 4 nitrogen and oxygen atoms in total. The summed E-state index contributed by atoms with van der Waals surface area (Å²) in [7, 11) is 0. The van der Waals surface area contributed by atoms with Crippen molar-refractivity contribution in [2.75, 3.05) is 0 Å². The Morgan fingerprint density at radius 3 is 2.63 bits per heavy atom. The van der Waals surface area contributed by atoms with Crippen LogP contribution in [0, 0.1) is 5.92 Å². The van der Waals surface area contributed by atoms with Gasteiger partial charge >= 0.3 is 0 Å². The van der Waals surface area contributed by atoms with Crippen molar-refractivity contribution in [3.8, 4) is 0 Å². The van der Waals surface area contributed by atoms with Gasteiger partial charge in [-0.25, -0.2) is 4.98 Å². The number of hydrogen-bond acceptors (Lipinski definition) is 3. The molecular formula is C15H28N2O2. The van der Waals surface area contributed by atoms with E-state index < -0.39 is 11.7 Å². The third-order valence-electron chi connectivity index (χ3n) is 4.18. The molecule has 0 aliphatic heterocycles. The molecule has 2 N–H and O–H groups in total. The van der Waals surface area contributed by atoms with E-state index in [2.05, 4.69) is 18.8 Å². The third kappa shape index (κ3) is 4.96. The Balaban J connectivity index is 2.48. The second kappa shape index (κ2) is 7.65. The Labute approximate surface area is 116 Å². The molecule has 0 saturated heterocycles. The van der Waals surface area contributed by atoms with Gasteiger partial charge in [0.25, 0.3) is 0 Å². The van der Waals surface area contributed by atoms with Crippen LogP contribution in [0.3, 0.4) is 0 Å². The van der Waals surface area contributed by atoms with Gasteiger partial charge in [-0.2, -0.15) is 0 Å². The molecule has 1 aromatic heterocycles. The fourth-order valence-corrected chi connectivity index (χ4v) is 2.30. The first-order valence-electron chi connectivity index (χ1n) is 7.38. The maximum Gasteiger partial charge on any atom is 0.101 e. The molecule has 0 amide bonds. The molecule has 1 heterocycles. The predicted octanol–water partition coefficient (Wildman–Crippen LogP) is 2.60. The fourth-order valence-electron chi connectivity index (χ4n) is 2.30. The number of rotatable bonds is 9. The first-order valence-corrected chi connectivity index (χ1v) is 7.38. The minimum absolute atomic E-state index is 0.396. The van der Waals surface area contributed by atoms with E-state index in [0.717, 1.165) is 12.8 Å². The van der Waals surface area contributed by atoms with Gasteiger partial charge < -0.3 is 14.8 Å². The fraction of sp³-hybridized carbons (Fsp3) is 0.800. The van der Waals surface area contributed by atoms with Crippen LogP contribution in [0.2, 0.25) is 0 Å². The highest BCUT2D eigenvalue weighted by atomic mass is 16.3. The molecular weight excluding hydrogens is 240 g/mol. The highest BCUT2D eigenvalue weighted by molar-refractivity contribution is 4.87. The number of aromatic nitrogens is 2. The van der Waals surface area contributed by atoms with Crippen LogP contribution >= 0.6 is 0 Å². The summed E-state index contributed by atoms with van der Waals surface area (Å²) in [5, 5.41) is 20.9. The van der Waals surface area contributed by atoms with Crippen LogP contribution < -0.4 is 0 Å². The maximum absolute atomic E-state index is 10.6. The van der Waals surface area contributed by atoms with E-state index in [1.54, 1.807) is 23.3 Å². The van der Waals surface area contributed by atoms with Crippen LogP contribution in [0.5, 0.6) is 0 Å². The van der Waals surface area contributed by atoms with Crippen molar-refractivity contribution in [1.82, 2.24) is 9.55 Å². The van der Waals surface area contributed by atoms with Gasteiger partial charge in [0.2, 0.25) is 0 Å². The number of aliphatic hydroxyl groups is 2. The molecule has 0 saturated carbocycles. The van der Waals surface area contributed by atoms with E-state index in [-0.39, 0.29) is 0 Å². The van der Waals surface area contributed by atoms with Crippen LogP contribution in [0.25, 0.3) is 0 Å². The molecule has 0 aliphatic carbocycles. The van der Waals surface area contributed by atoms with Gasteiger partial charge in [0, 0.05) is 12.4 Å². The lowest BCUT2D eigenvalue weighted by Crippen LogP contribution is -2.44. The standard InChI is InChI=1S/C15H28N2O2/c1-4-13(3)7-6-8-15(19,5-2)14(18)11-17-10-9-16-12-17/h9-10,12-14,18-19H,4-8,11H2,1-3H3. The van der Waals surface area contributed by atoms with Gasteiger partial charge in [0.15, 0.2) is 0 Å². The Morgan fingerprint density at radius 1 is 1.37 bits per heavy atom. The van der Waals surface area contributed by atoms with E-state index in [1.165, 1.54) is 6.42 Å². The summed E-state index contributed by atoms with van der Waals surface area (Å²) < 4.78 is 1.81. The van der Waals surface area contributed by atoms with Crippen LogP contribution in [0.15, 0.2) is 18.7 Å². The average Bonchev–Trinajstić information content (AvgIpc) is 2.90. The van der Waals surface area contributed by atoms with Gasteiger partial charge in [0.1, 0.15) is 6.10 Å². The summed E-state index contributed by atoms with van der Waals surface area (Å²) in [5.41, 5.74) is -0.988. The van der Waals surface area contributed by atoms with Crippen molar-refractivity contribution >= 4 is 0 Å². The Bertz CT molecular complexity index is 340. The topological polar surface area (TPSA) is 58.3 Å². The Kier molecular flexibility index (Phi) is 6.52. The van der Waals surface area contributed by atoms with E-state index in [9.17, 15) is 10.2 Å². The molecule has 110 valence electrons. The van der Waals surface area contributed by atoms with Crippen molar-refractivity contribution in [1.29, 1.82) is 0 Å². The minimum atomic E-state index is -0.988. The summed E-state index contributed by atoms with van der Waals surface area (Å²) in [6, 6.07) is 0. The van der Waals surface area contributed by atoms with Crippen molar-refractivity contribution in [2.45, 2.75) is 71.1 Å². The zero-order valence-corrected chi connectivity index (χ0v) is 12.4. The van der Waals surface area contributed by atoms with Gasteiger partial charge in [0.05, 0.1) is 18.5 Å². The minimum Gasteiger partial charge on any atom is -0.388 e. The van der Waals surface area contributed by atoms with Crippen LogP contribution in [0.4, 0.5) is 0 Å². The predicted molar refractivity (Wildman–Crippen MR) is 76.8 cm³/mol. The second-order valence-electron chi connectivity index (χ2n) is 5.64. The molecule has 0 bridgehead atoms. The monoisotopic (exact) mass is 268 g/mol. The largest absolute Gasteiger partial charge is 0.388 e. The zero-order valence-electron chi connectivity index (χ0n) is 12.4. The summed E-state index contributed by atoms with van der Waals surface area (Å²) in [6.07, 6.45) is 8.87. The summed E-state index contributed by atoms with van der Waals surface area (Å²) in [4.78, 5) is 3.95. The molecule has 1 aromatic rings. The van der Waals surface area contributed by atoms with Crippen molar-refractivity contribution in [3.05, 3.63) is 18.7 Å². The van der Waals surface area contributed by atoms with E-state index in [1.807, 2.05) is 6.92 Å². The molecule has 0 radical (unpaired) electrons. The molecule has 0 aliphatic rings. The quantitative estimate of drug-likeness (QED) is 0.724. The van der Waals surface area contributed by atoms with E-state index in [4.69, 9.17) is 0 Å². The average molecular weight is 268 g/mol. The molecule has 0 spiro atoms. The smallest absolute Gasteiger partial charge is 0.101 e. The first kappa shape index (κ1) is 16.2. The summed E-state index contributed by atoms with van der Waals surface area (Å²) in [5.74, 6) is 0.687. The molecule has 4 heteroatoms. The van der Waals surface area contributed by atoms with Gasteiger partial charge in [-0.3, -0.25) is 0 Å². The third-order valence-corrected chi connectivity index (χ3v) is 4.18. The number of nitrogens with zero attached hydrogens (tertiary/aromatic N) is 2. The van der Waals surface area contributed by atoms with Crippen LogP contribution in [-0.4, -0.2) is 31.5 Å². The van der Waals surface area contributed by atoms with Crippen LogP contribution in [-0.2, 0) is 6.54 Å². The number of imidazole rings is 1. The normalized spacial score (nSPS) is 17.9. The lowest BCUT2D eigenvalue weighted by Gasteiger charge is -2.32. The van der Waals surface area contributed by atoms with E-state index >= 15 is 0 Å². The molecule has 19 heavy (non-hydrogen) atoms. The van der Waals surface area contributed by atoms with Crippen LogP contribution in [0.1, 0.15) is 52.9 Å². The van der Waals surface area contributed by atoms with Gasteiger partial charge in [-0.05, 0) is 18.8 Å². The molecule has 3 unspecified atom stereocenters. The number of aliphatic hydroxyl groups excluding tert-OH is 1. The highest BCUT2D eigenvalue weighted by Crippen LogP contribution is 2.25. The maximum atomic E-state index is 10.6. The Hall–Kier alpha value is -0.870. The van der Waals surface area contributed by atoms with Gasteiger partial charge in [-0.15, -0.1) is 0 Å². The molecule has 1 rings (SSSR count). The lowest BCUT2D eigenvalue weighted by atomic mass is 9.86. The molecule has 0 fully saturated rings. The lowest BCUT2D eigenvalue weighted by molar-refractivity contribution is -0.0906. The molecule has 3 atom stereocenters. The summed E-state index contributed by atoms with van der Waals surface area (Å²) >= 11 is 0. The number of hydrogen-bond donors (Lipinski definition) is 2. The van der Waals surface area contributed by atoms with Crippen molar-refractivity contribution in [2.24, 2.45) is 5.92 Å². The first-order chi connectivity index (χ1) is 9.01. The van der Waals surface area contributed by atoms with Crippen molar-refractivity contribution < 1.29 is 10.2 Å². The zero-order chi connectivity index (χ0) is 14.3. The van der Waals surface area contributed by atoms with Gasteiger partial charge in [-0.1, -0.05) is 40.0 Å².